The highest BCUT2D eigenvalue weighted by molar-refractivity contribution is 5.04. The van der Waals surface area contributed by atoms with Gasteiger partial charge in [0.05, 0.1) is 18.8 Å². The van der Waals surface area contributed by atoms with Gasteiger partial charge in [-0.25, -0.2) is 8.78 Å². The first-order valence-electron chi connectivity index (χ1n) is 4.16. The summed E-state index contributed by atoms with van der Waals surface area (Å²) in [4.78, 5) is 5.74. The lowest BCUT2D eigenvalue weighted by Gasteiger charge is -2.38. The van der Waals surface area contributed by atoms with E-state index in [0.29, 0.717) is 6.54 Å². The van der Waals surface area contributed by atoms with E-state index < -0.39 is 5.92 Å². The topological polar surface area (TPSA) is 16.1 Å². The molecule has 0 N–H and O–H groups in total. The SMILES string of the molecule is FC1(F)CN(Cc2ccccn2)C1. The number of rotatable bonds is 2. The van der Waals surface area contributed by atoms with Gasteiger partial charge in [-0.05, 0) is 12.1 Å². The molecule has 0 aliphatic carbocycles. The first-order chi connectivity index (χ1) is 6.16. The van der Waals surface area contributed by atoms with Crippen LogP contribution in [0.4, 0.5) is 8.78 Å². The molecule has 0 atom stereocenters. The Bertz CT molecular complexity index is 279. The van der Waals surface area contributed by atoms with Gasteiger partial charge >= 0.3 is 0 Å². The van der Waals surface area contributed by atoms with Crippen LogP contribution in [0.3, 0.4) is 0 Å². The lowest BCUT2D eigenvalue weighted by molar-refractivity contribution is -0.134. The second-order valence-electron chi connectivity index (χ2n) is 3.32. The second-order valence-corrected chi connectivity index (χ2v) is 3.32. The molecule has 0 saturated carbocycles. The fourth-order valence-electron chi connectivity index (χ4n) is 1.44. The molecular formula is C9H10F2N2. The molecule has 13 heavy (non-hydrogen) atoms. The molecule has 2 heterocycles. The second kappa shape index (κ2) is 3.03. The zero-order valence-electron chi connectivity index (χ0n) is 7.08. The summed E-state index contributed by atoms with van der Waals surface area (Å²) in [5.74, 6) is -2.48. The van der Waals surface area contributed by atoms with Crippen LogP contribution in [0.5, 0.6) is 0 Å². The maximum Gasteiger partial charge on any atom is 0.272 e. The van der Waals surface area contributed by atoms with Gasteiger partial charge in [-0.15, -0.1) is 0 Å². The molecule has 1 saturated heterocycles. The molecule has 2 nitrogen and oxygen atoms in total. The average molecular weight is 184 g/mol. The predicted octanol–water partition coefficient (Wildman–Crippen LogP) is 1.53. The fraction of sp³-hybridized carbons (Fsp3) is 0.444. The summed E-state index contributed by atoms with van der Waals surface area (Å²) in [6, 6.07) is 5.52. The summed E-state index contributed by atoms with van der Waals surface area (Å²) >= 11 is 0. The predicted molar refractivity (Wildman–Crippen MR) is 44.5 cm³/mol. The summed E-state index contributed by atoms with van der Waals surface area (Å²) in [7, 11) is 0. The van der Waals surface area contributed by atoms with Crippen molar-refractivity contribution >= 4 is 0 Å². The summed E-state index contributed by atoms with van der Waals surface area (Å²) in [5, 5.41) is 0. The van der Waals surface area contributed by atoms with Gasteiger partial charge in [-0.2, -0.15) is 0 Å². The highest BCUT2D eigenvalue weighted by atomic mass is 19.3. The van der Waals surface area contributed by atoms with E-state index in [1.165, 1.54) is 0 Å². The summed E-state index contributed by atoms with van der Waals surface area (Å²) in [6.45, 7) is 0.254. The standard InChI is InChI=1S/C9H10F2N2/c10-9(11)6-13(7-9)5-8-3-1-2-4-12-8/h1-4H,5-7H2. The van der Waals surface area contributed by atoms with E-state index >= 15 is 0 Å². The fourth-order valence-corrected chi connectivity index (χ4v) is 1.44. The number of nitrogens with zero attached hydrogens (tertiary/aromatic N) is 2. The third-order valence-electron chi connectivity index (χ3n) is 2.02. The molecule has 1 fully saturated rings. The molecule has 70 valence electrons. The normalized spacial score (nSPS) is 21.1. The van der Waals surface area contributed by atoms with Crippen molar-refractivity contribution in [3.8, 4) is 0 Å². The van der Waals surface area contributed by atoms with E-state index in [0.717, 1.165) is 5.69 Å². The van der Waals surface area contributed by atoms with Crippen LogP contribution in [0.1, 0.15) is 5.69 Å². The first-order valence-corrected chi connectivity index (χ1v) is 4.16. The summed E-state index contributed by atoms with van der Waals surface area (Å²) in [6.07, 6.45) is 1.67. The van der Waals surface area contributed by atoms with Gasteiger partial charge in [0.1, 0.15) is 0 Å². The monoisotopic (exact) mass is 184 g/mol. The zero-order valence-corrected chi connectivity index (χ0v) is 7.08. The maximum atomic E-state index is 12.4. The van der Waals surface area contributed by atoms with Crippen molar-refractivity contribution in [3.63, 3.8) is 0 Å². The molecular weight excluding hydrogens is 174 g/mol. The highest BCUT2D eigenvalue weighted by Crippen LogP contribution is 2.27. The lowest BCUT2D eigenvalue weighted by Crippen LogP contribution is -2.55. The quantitative estimate of drug-likeness (QED) is 0.693. The van der Waals surface area contributed by atoms with Crippen molar-refractivity contribution in [3.05, 3.63) is 30.1 Å². The minimum absolute atomic E-state index is 0.135. The molecule has 0 unspecified atom stereocenters. The Labute approximate surface area is 75.2 Å². The van der Waals surface area contributed by atoms with Gasteiger partial charge in [0, 0.05) is 12.7 Å². The Kier molecular flexibility index (Phi) is 2.00. The van der Waals surface area contributed by atoms with E-state index in [1.54, 1.807) is 11.1 Å². The minimum atomic E-state index is -2.48. The van der Waals surface area contributed by atoms with Gasteiger partial charge in [-0.3, -0.25) is 9.88 Å². The number of halogens is 2. The van der Waals surface area contributed by atoms with E-state index in [9.17, 15) is 8.78 Å². The number of pyridine rings is 1. The zero-order chi connectivity index (χ0) is 9.31. The lowest BCUT2D eigenvalue weighted by atomic mass is 10.1. The number of alkyl halides is 2. The summed E-state index contributed by atoms with van der Waals surface area (Å²) in [5.41, 5.74) is 0.845. The molecule has 0 spiro atoms. The van der Waals surface area contributed by atoms with Gasteiger partial charge < -0.3 is 0 Å². The maximum absolute atomic E-state index is 12.4. The Morgan fingerprint density at radius 1 is 1.38 bits per heavy atom. The van der Waals surface area contributed by atoms with Gasteiger partial charge in [-0.1, -0.05) is 6.07 Å². The summed E-state index contributed by atoms with van der Waals surface area (Å²) < 4.78 is 24.9. The van der Waals surface area contributed by atoms with Crippen molar-refractivity contribution in [2.75, 3.05) is 13.1 Å². The van der Waals surface area contributed by atoms with Crippen LogP contribution in [0.15, 0.2) is 24.4 Å². The number of aromatic nitrogens is 1. The van der Waals surface area contributed by atoms with Crippen molar-refractivity contribution in [1.82, 2.24) is 9.88 Å². The van der Waals surface area contributed by atoms with Crippen molar-refractivity contribution in [1.29, 1.82) is 0 Å². The third kappa shape index (κ3) is 2.01. The Morgan fingerprint density at radius 2 is 2.15 bits per heavy atom. The van der Waals surface area contributed by atoms with Crippen molar-refractivity contribution < 1.29 is 8.78 Å². The van der Waals surface area contributed by atoms with Gasteiger partial charge in [0.15, 0.2) is 0 Å². The van der Waals surface area contributed by atoms with Gasteiger partial charge in [0.25, 0.3) is 5.92 Å². The molecule has 1 aliphatic rings. The average Bonchev–Trinajstić information content (AvgIpc) is 2.03. The molecule has 4 heteroatoms. The van der Waals surface area contributed by atoms with Crippen LogP contribution in [0.25, 0.3) is 0 Å². The highest BCUT2D eigenvalue weighted by Gasteiger charge is 2.43. The molecule has 1 aromatic rings. The van der Waals surface area contributed by atoms with Crippen LogP contribution in [-0.4, -0.2) is 28.9 Å². The van der Waals surface area contributed by atoms with E-state index in [4.69, 9.17) is 0 Å². The van der Waals surface area contributed by atoms with Crippen LogP contribution >= 0.6 is 0 Å². The number of hydrogen-bond donors (Lipinski definition) is 0. The molecule has 1 aliphatic heterocycles. The van der Waals surface area contributed by atoms with E-state index in [2.05, 4.69) is 4.98 Å². The Balaban J connectivity index is 1.88. The Morgan fingerprint density at radius 3 is 2.69 bits per heavy atom. The number of hydrogen-bond acceptors (Lipinski definition) is 2. The molecule has 2 rings (SSSR count). The largest absolute Gasteiger partial charge is 0.285 e. The third-order valence-corrected chi connectivity index (χ3v) is 2.02. The minimum Gasteiger partial charge on any atom is -0.285 e. The van der Waals surface area contributed by atoms with E-state index in [-0.39, 0.29) is 13.1 Å². The smallest absolute Gasteiger partial charge is 0.272 e. The van der Waals surface area contributed by atoms with Crippen LogP contribution in [0, 0.1) is 0 Å². The van der Waals surface area contributed by atoms with Crippen LogP contribution in [0.2, 0.25) is 0 Å². The molecule has 0 aromatic carbocycles. The van der Waals surface area contributed by atoms with Crippen molar-refractivity contribution in [2.45, 2.75) is 12.5 Å². The Hall–Kier alpha value is -1.03. The van der Waals surface area contributed by atoms with Gasteiger partial charge in [0.2, 0.25) is 0 Å². The van der Waals surface area contributed by atoms with E-state index in [1.807, 2.05) is 18.2 Å². The molecule has 0 amide bonds. The first kappa shape index (κ1) is 8.56. The van der Waals surface area contributed by atoms with Crippen LogP contribution < -0.4 is 0 Å². The van der Waals surface area contributed by atoms with Crippen molar-refractivity contribution in [2.24, 2.45) is 0 Å². The molecule has 0 radical (unpaired) electrons. The van der Waals surface area contributed by atoms with Crippen LogP contribution in [-0.2, 0) is 6.54 Å². The molecule has 1 aromatic heterocycles. The number of likely N-dealkylation sites (tertiary alicyclic amines) is 1. The molecule has 0 bridgehead atoms.